The number of hydrogen-bond acceptors (Lipinski definition) is 3. The lowest BCUT2D eigenvalue weighted by Gasteiger charge is -2.27. The van der Waals surface area contributed by atoms with Gasteiger partial charge in [0.2, 0.25) is 0 Å². The second-order valence-corrected chi connectivity index (χ2v) is 4.77. The maximum absolute atomic E-state index is 12.5. The molecule has 98 valence electrons. The van der Waals surface area contributed by atoms with E-state index < -0.39 is 0 Å². The summed E-state index contributed by atoms with van der Waals surface area (Å²) in [6.07, 6.45) is 6.40. The van der Waals surface area contributed by atoms with Crippen LogP contribution in [0.4, 0.5) is 0 Å². The Morgan fingerprint density at radius 2 is 2.22 bits per heavy atom. The molecule has 0 saturated heterocycles. The Bertz CT molecular complexity index is 413. The zero-order valence-electron chi connectivity index (χ0n) is 10.9. The molecule has 0 unspecified atom stereocenters. The number of carbonyl (C=O) groups excluding carboxylic acids is 1. The van der Waals surface area contributed by atoms with Gasteiger partial charge in [0.05, 0.1) is 5.69 Å². The van der Waals surface area contributed by atoms with Crippen molar-refractivity contribution in [1.82, 2.24) is 9.88 Å². The molecule has 1 saturated carbocycles. The number of amides is 1. The first kappa shape index (κ1) is 13.0. The van der Waals surface area contributed by atoms with Crippen molar-refractivity contribution in [2.45, 2.75) is 45.2 Å². The molecule has 0 radical (unpaired) electrons. The van der Waals surface area contributed by atoms with E-state index in [1.807, 2.05) is 11.8 Å². The monoisotopic (exact) mass is 247 g/mol. The molecule has 0 atom stereocenters. The minimum absolute atomic E-state index is 0.113. The summed E-state index contributed by atoms with van der Waals surface area (Å²) < 4.78 is 0. The van der Waals surface area contributed by atoms with Crippen molar-refractivity contribution in [2.24, 2.45) is 5.73 Å². The standard InChI is InChI=1S/C14H21N3O/c1-2-17(13-5-3-4-6-13)14(18)11-7-8-16-12(9-11)10-15/h7-9,13H,2-6,10,15H2,1H3. The molecule has 1 amide bonds. The maximum Gasteiger partial charge on any atom is 0.254 e. The minimum Gasteiger partial charge on any atom is -0.336 e. The molecule has 4 heteroatoms. The zero-order chi connectivity index (χ0) is 13.0. The summed E-state index contributed by atoms with van der Waals surface area (Å²) in [6.45, 7) is 3.18. The maximum atomic E-state index is 12.5. The summed E-state index contributed by atoms with van der Waals surface area (Å²) in [5.41, 5.74) is 7.04. The number of nitrogens with two attached hydrogens (primary N) is 1. The quantitative estimate of drug-likeness (QED) is 0.884. The van der Waals surface area contributed by atoms with Crippen LogP contribution < -0.4 is 5.73 Å². The Kier molecular flexibility index (Phi) is 4.31. The van der Waals surface area contributed by atoms with E-state index >= 15 is 0 Å². The summed E-state index contributed by atoms with van der Waals surface area (Å²) >= 11 is 0. The van der Waals surface area contributed by atoms with Crippen LogP contribution in [0.1, 0.15) is 48.7 Å². The van der Waals surface area contributed by atoms with Gasteiger partial charge < -0.3 is 10.6 Å². The fourth-order valence-electron chi connectivity index (χ4n) is 2.67. The normalized spacial score (nSPS) is 15.9. The number of pyridine rings is 1. The van der Waals surface area contributed by atoms with Crippen LogP contribution in [0.15, 0.2) is 18.3 Å². The van der Waals surface area contributed by atoms with E-state index in [0.29, 0.717) is 18.2 Å². The van der Waals surface area contributed by atoms with Crippen LogP contribution in [-0.2, 0) is 6.54 Å². The summed E-state index contributed by atoms with van der Waals surface area (Å²) in [4.78, 5) is 18.6. The van der Waals surface area contributed by atoms with E-state index in [0.717, 1.165) is 25.1 Å². The molecule has 0 aliphatic heterocycles. The fourth-order valence-corrected chi connectivity index (χ4v) is 2.67. The Morgan fingerprint density at radius 1 is 1.50 bits per heavy atom. The van der Waals surface area contributed by atoms with Gasteiger partial charge in [0.1, 0.15) is 0 Å². The highest BCUT2D eigenvalue weighted by molar-refractivity contribution is 5.94. The van der Waals surface area contributed by atoms with Crippen molar-refractivity contribution < 1.29 is 4.79 Å². The predicted octanol–water partition coefficient (Wildman–Crippen LogP) is 1.94. The Balaban J connectivity index is 2.16. The van der Waals surface area contributed by atoms with Gasteiger partial charge in [-0.25, -0.2) is 0 Å². The smallest absolute Gasteiger partial charge is 0.254 e. The van der Waals surface area contributed by atoms with Gasteiger partial charge in [-0.3, -0.25) is 9.78 Å². The van der Waals surface area contributed by atoms with Crippen molar-refractivity contribution in [1.29, 1.82) is 0 Å². The highest BCUT2D eigenvalue weighted by Crippen LogP contribution is 2.24. The number of aromatic nitrogens is 1. The summed E-state index contributed by atoms with van der Waals surface area (Å²) in [5, 5.41) is 0. The zero-order valence-corrected chi connectivity index (χ0v) is 10.9. The molecular formula is C14H21N3O. The van der Waals surface area contributed by atoms with Gasteiger partial charge in [0, 0.05) is 30.9 Å². The van der Waals surface area contributed by atoms with E-state index in [9.17, 15) is 4.79 Å². The summed E-state index contributed by atoms with van der Waals surface area (Å²) in [5.74, 6) is 0.113. The van der Waals surface area contributed by atoms with E-state index in [4.69, 9.17) is 5.73 Å². The molecule has 0 spiro atoms. The van der Waals surface area contributed by atoms with Gasteiger partial charge in [0.15, 0.2) is 0 Å². The molecular weight excluding hydrogens is 226 g/mol. The van der Waals surface area contributed by atoms with Gasteiger partial charge in [-0.1, -0.05) is 12.8 Å². The first-order chi connectivity index (χ1) is 8.76. The molecule has 1 fully saturated rings. The van der Waals surface area contributed by atoms with Crippen molar-refractivity contribution in [3.63, 3.8) is 0 Å². The third kappa shape index (κ3) is 2.70. The first-order valence-electron chi connectivity index (χ1n) is 6.72. The number of carbonyl (C=O) groups is 1. The molecule has 2 N–H and O–H groups in total. The molecule has 0 bridgehead atoms. The molecule has 1 aliphatic rings. The van der Waals surface area contributed by atoms with E-state index in [2.05, 4.69) is 4.98 Å². The number of hydrogen-bond donors (Lipinski definition) is 1. The molecule has 1 aromatic rings. The van der Waals surface area contributed by atoms with Crippen molar-refractivity contribution in [3.05, 3.63) is 29.6 Å². The second kappa shape index (κ2) is 5.96. The number of nitrogens with zero attached hydrogens (tertiary/aromatic N) is 2. The van der Waals surface area contributed by atoms with E-state index in [1.54, 1.807) is 18.3 Å². The highest BCUT2D eigenvalue weighted by Gasteiger charge is 2.26. The van der Waals surface area contributed by atoms with Crippen molar-refractivity contribution in [2.75, 3.05) is 6.54 Å². The van der Waals surface area contributed by atoms with Crippen LogP contribution in [0.2, 0.25) is 0 Å². The van der Waals surface area contributed by atoms with Crippen LogP contribution in [0.5, 0.6) is 0 Å². The molecule has 2 rings (SSSR count). The van der Waals surface area contributed by atoms with Crippen LogP contribution in [-0.4, -0.2) is 28.4 Å². The third-order valence-corrected chi connectivity index (χ3v) is 3.64. The van der Waals surface area contributed by atoms with E-state index in [-0.39, 0.29) is 5.91 Å². The lowest BCUT2D eigenvalue weighted by molar-refractivity contribution is 0.0693. The molecule has 1 aromatic heterocycles. The summed E-state index contributed by atoms with van der Waals surface area (Å²) in [7, 11) is 0. The fraction of sp³-hybridized carbons (Fsp3) is 0.571. The largest absolute Gasteiger partial charge is 0.336 e. The lowest BCUT2D eigenvalue weighted by Crippen LogP contribution is -2.38. The third-order valence-electron chi connectivity index (χ3n) is 3.64. The van der Waals surface area contributed by atoms with Crippen LogP contribution >= 0.6 is 0 Å². The Labute approximate surface area is 108 Å². The SMILES string of the molecule is CCN(C(=O)c1ccnc(CN)c1)C1CCCC1. The Hall–Kier alpha value is -1.42. The molecule has 0 aromatic carbocycles. The lowest BCUT2D eigenvalue weighted by atomic mass is 10.1. The average Bonchev–Trinajstić information content (AvgIpc) is 2.93. The van der Waals surface area contributed by atoms with Gasteiger partial charge in [-0.2, -0.15) is 0 Å². The highest BCUT2D eigenvalue weighted by atomic mass is 16.2. The molecule has 4 nitrogen and oxygen atoms in total. The van der Waals surface area contributed by atoms with Gasteiger partial charge in [-0.05, 0) is 31.9 Å². The molecule has 1 heterocycles. The van der Waals surface area contributed by atoms with Gasteiger partial charge >= 0.3 is 0 Å². The average molecular weight is 247 g/mol. The van der Waals surface area contributed by atoms with Gasteiger partial charge in [-0.15, -0.1) is 0 Å². The molecule has 18 heavy (non-hydrogen) atoms. The van der Waals surface area contributed by atoms with E-state index in [1.165, 1.54) is 12.8 Å². The van der Waals surface area contributed by atoms with Crippen molar-refractivity contribution >= 4 is 5.91 Å². The first-order valence-corrected chi connectivity index (χ1v) is 6.72. The Morgan fingerprint density at radius 3 is 2.83 bits per heavy atom. The topological polar surface area (TPSA) is 59.2 Å². The van der Waals surface area contributed by atoms with Crippen LogP contribution in [0.3, 0.4) is 0 Å². The molecule has 1 aliphatic carbocycles. The summed E-state index contributed by atoms with van der Waals surface area (Å²) in [6, 6.07) is 4.00. The minimum atomic E-state index is 0.113. The van der Waals surface area contributed by atoms with Crippen molar-refractivity contribution in [3.8, 4) is 0 Å². The second-order valence-electron chi connectivity index (χ2n) is 4.77. The van der Waals surface area contributed by atoms with Gasteiger partial charge in [0.25, 0.3) is 5.91 Å². The van der Waals surface area contributed by atoms with Crippen LogP contribution in [0.25, 0.3) is 0 Å². The van der Waals surface area contributed by atoms with Crippen LogP contribution in [0, 0.1) is 0 Å². The number of rotatable bonds is 4. The predicted molar refractivity (Wildman–Crippen MR) is 71.1 cm³/mol.